The molecule has 1 saturated heterocycles. The second-order valence-corrected chi connectivity index (χ2v) is 6.63. The summed E-state index contributed by atoms with van der Waals surface area (Å²) >= 11 is 0. The third kappa shape index (κ3) is 4.89. The van der Waals surface area contributed by atoms with E-state index in [-0.39, 0.29) is 30.5 Å². The van der Waals surface area contributed by atoms with Gasteiger partial charge in [0.2, 0.25) is 5.91 Å². The number of piperazine rings is 1. The lowest BCUT2D eigenvalue weighted by atomic mass is 10.1. The van der Waals surface area contributed by atoms with Crippen LogP contribution < -0.4 is 10.1 Å². The third-order valence-electron chi connectivity index (χ3n) is 4.89. The number of benzene rings is 1. The highest BCUT2D eigenvalue weighted by atomic mass is 16.5. The first kappa shape index (κ1) is 19.9. The maximum absolute atomic E-state index is 12.3. The Balaban J connectivity index is 1.48. The number of likely N-dealkylation sites (N-methyl/N-ethyl adjacent to an activating group) is 1. The molecule has 150 valence electrons. The van der Waals surface area contributed by atoms with Crippen molar-refractivity contribution in [2.24, 2.45) is 0 Å². The smallest absolute Gasteiger partial charge is 0.273 e. The van der Waals surface area contributed by atoms with Crippen LogP contribution in [0.15, 0.2) is 34.9 Å². The predicted molar refractivity (Wildman–Crippen MR) is 104 cm³/mol. The maximum atomic E-state index is 12.3. The number of hydrogen-bond acceptors (Lipinski definition) is 6. The van der Waals surface area contributed by atoms with Crippen molar-refractivity contribution in [3.05, 3.63) is 36.0 Å². The van der Waals surface area contributed by atoms with E-state index in [1.54, 1.807) is 19.2 Å². The summed E-state index contributed by atoms with van der Waals surface area (Å²) in [6.07, 6.45) is 0.276. The number of carbonyl (C=O) groups is 2. The fraction of sp³-hybridized carbons (Fsp3) is 0.450. The van der Waals surface area contributed by atoms with E-state index in [4.69, 9.17) is 9.26 Å². The molecule has 0 atom stereocenters. The summed E-state index contributed by atoms with van der Waals surface area (Å²) in [7, 11) is 1.59. The first-order valence-electron chi connectivity index (χ1n) is 9.50. The summed E-state index contributed by atoms with van der Waals surface area (Å²) in [5.41, 5.74) is 0.953. The second-order valence-electron chi connectivity index (χ2n) is 6.63. The van der Waals surface area contributed by atoms with Crippen molar-refractivity contribution in [1.29, 1.82) is 0 Å². The summed E-state index contributed by atoms with van der Waals surface area (Å²) in [4.78, 5) is 28.7. The Morgan fingerprint density at radius 2 is 2.00 bits per heavy atom. The SMILES string of the molecule is CCN1CCN(C(=O)CCNC(=O)c2cc(-c3cccc(OC)c3)on2)CC1. The summed E-state index contributed by atoms with van der Waals surface area (Å²) in [6.45, 7) is 6.69. The van der Waals surface area contributed by atoms with Crippen LogP contribution >= 0.6 is 0 Å². The van der Waals surface area contributed by atoms with Crippen LogP contribution in [0.4, 0.5) is 0 Å². The van der Waals surface area contributed by atoms with Gasteiger partial charge in [0.25, 0.3) is 5.91 Å². The van der Waals surface area contributed by atoms with Crippen molar-refractivity contribution < 1.29 is 18.8 Å². The van der Waals surface area contributed by atoms with E-state index in [0.29, 0.717) is 11.5 Å². The van der Waals surface area contributed by atoms with Crippen LogP contribution in [0.1, 0.15) is 23.8 Å². The molecule has 1 aromatic carbocycles. The second kappa shape index (κ2) is 9.36. The molecule has 28 heavy (non-hydrogen) atoms. The van der Waals surface area contributed by atoms with Crippen LogP contribution in [-0.2, 0) is 4.79 Å². The van der Waals surface area contributed by atoms with E-state index >= 15 is 0 Å². The molecular weight excluding hydrogens is 360 g/mol. The minimum atomic E-state index is -0.360. The van der Waals surface area contributed by atoms with Gasteiger partial charge in [-0.15, -0.1) is 0 Å². The van der Waals surface area contributed by atoms with Gasteiger partial charge in [-0.25, -0.2) is 0 Å². The minimum absolute atomic E-state index is 0.0632. The standard InChI is InChI=1S/C20H26N4O4/c1-3-23-9-11-24(12-10-23)19(25)7-8-21-20(26)17-14-18(28-22-17)15-5-4-6-16(13-15)27-2/h4-6,13-14H,3,7-12H2,1-2H3,(H,21,26). The summed E-state index contributed by atoms with van der Waals surface area (Å²) < 4.78 is 10.5. The Kier molecular flexibility index (Phi) is 6.65. The average Bonchev–Trinajstić information content (AvgIpc) is 3.24. The highest BCUT2D eigenvalue weighted by molar-refractivity contribution is 5.93. The van der Waals surface area contributed by atoms with Crippen molar-refractivity contribution in [3.63, 3.8) is 0 Å². The number of hydrogen-bond donors (Lipinski definition) is 1. The molecule has 2 aromatic rings. The van der Waals surface area contributed by atoms with Gasteiger partial charge in [-0.1, -0.05) is 24.2 Å². The molecule has 8 heteroatoms. The van der Waals surface area contributed by atoms with Crippen LogP contribution in [0, 0.1) is 0 Å². The average molecular weight is 386 g/mol. The van der Waals surface area contributed by atoms with Gasteiger partial charge >= 0.3 is 0 Å². The quantitative estimate of drug-likeness (QED) is 0.778. The predicted octanol–water partition coefficient (Wildman–Crippen LogP) is 1.63. The zero-order valence-electron chi connectivity index (χ0n) is 16.3. The minimum Gasteiger partial charge on any atom is -0.497 e. The first-order chi connectivity index (χ1) is 13.6. The lowest BCUT2D eigenvalue weighted by Gasteiger charge is -2.34. The molecule has 1 aromatic heterocycles. The van der Waals surface area contributed by atoms with Gasteiger partial charge in [0.05, 0.1) is 7.11 Å². The van der Waals surface area contributed by atoms with Gasteiger partial charge in [-0.2, -0.15) is 0 Å². The Bertz CT molecular complexity index is 812. The molecule has 0 radical (unpaired) electrons. The number of carbonyl (C=O) groups excluding carboxylic acids is 2. The number of nitrogens with zero attached hydrogens (tertiary/aromatic N) is 3. The lowest BCUT2D eigenvalue weighted by molar-refractivity contribution is -0.132. The van der Waals surface area contributed by atoms with Crippen molar-refractivity contribution in [2.45, 2.75) is 13.3 Å². The number of nitrogens with one attached hydrogen (secondary N) is 1. The van der Waals surface area contributed by atoms with Gasteiger partial charge < -0.3 is 24.4 Å². The van der Waals surface area contributed by atoms with Gasteiger partial charge in [-0.05, 0) is 18.7 Å². The first-order valence-corrected chi connectivity index (χ1v) is 9.50. The van der Waals surface area contributed by atoms with Crippen molar-refractivity contribution in [2.75, 3.05) is 46.4 Å². The fourth-order valence-electron chi connectivity index (χ4n) is 3.14. The van der Waals surface area contributed by atoms with Gasteiger partial charge in [0.1, 0.15) is 5.75 Å². The molecule has 0 bridgehead atoms. The molecule has 0 saturated carbocycles. The van der Waals surface area contributed by atoms with E-state index in [0.717, 1.165) is 38.3 Å². The number of rotatable bonds is 7. The fourth-order valence-corrected chi connectivity index (χ4v) is 3.14. The van der Waals surface area contributed by atoms with Crippen LogP contribution in [0.2, 0.25) is 0 Å². The molecule has 1 aliphatic rings. The Morgan fingerprint density at radius 3 is 2.71 bits per heavy atom. The number of aromatic nitrogens is 1. The zero-order valence-corrected chi connectivity index (χ0v) is 16.3. The topological polar surface area (TPSA) is 87.9 Å². The van der Waals surface area contributed by atoms with E-state index < -0.39 is 0 Å². The van der Waals surface area contributed by atoms with Crippen LogP contribution in [0.25, 0.3) is 11.3 Å². The molecule has 0 aliphatic carbocycles. The zero-order chi connectivity index (χ0) is 19.9. The summed E-state index contributed by atoms with van der Waals surface area (Å²) in [6, 6.07) is 8.89. The molecule has 1 aliphatic heterocycles. The van der Waals surface area contributed by atoms with Gasteiger partial charge in [0, 0.05) is 50.8 Å². The molecular formula is C20H26N4O4. The molecule has 0 spiro atoms. The van der Waals surface area contributed by atoms with E-state index in [2.05, 4.69) is 22.3 Å². The van der Waals surface area contributed by atoms with Crippen molar-refractivity contribution in [1.82, 2.24) is 20.3 Å². The molecule has 0 unspecified atom stereocenters. The molecule has 3 rings (SSSR count). The normalized spacial score (nSPS) is 14.7. The lowest BCUT2D eigenvalue weighted by Crippen LogP contribution is -2.49. The van der Waals surface area contributed by atoms with Crippen molar-refractivity contribution in [3.8, 4) is 17.1 Å². The molecule has 2 heterocycles. The van der Waals surface area contributed by atoms with Gasteiger partial charge in [0.15, 0.2) is 11.5 Å². The van der Waals surface area contributed by atoms with Crippen LogP contribution in [-0.4, -0.2) is 73.1 Å². The number of amides is 2. The molecule has 2 amide bonds. The molecule has 1 fully saturated rings. The highest BCUT2D eigenvalue weighted by Gasteiger charge is 2.20. The van der Waals surface area contributed by atoms with Crippen LogP contribution in [0.5, 0.6) is 5.75 Å². The number of methoxy groups -OCH3 is 1. The summed E-state index contributed by atoms with van der Waals surface area (Å²) in [5, 5.41) is 6.56. The Hall–Kier alpha value is -2.87. The van der Waals surface area contributed by atoms with E-state index in [1.165, 1.54) is 0 Å². The van der Waals surface area contributed by atoms with E-state index in [9.17, 15) is 9.59 Å². The Morgan fingerprint density at radius 1 is 1.21 bits per heavy atom. The molecule has 1 N–H and O–H groups in total. The van der Waals surface area contributed by atoms with E-state index in [1.807, 2.05) is 23.1 Å². The molecule has 8 nitrogen and oxygen atoms in total. The van der Waals surface area contributed by atoms with Crippen LogP contribution in [0.3, 0.4) is 0 Å². The van der Waals surface area contributed by atoms with Crippen molar-refractivity contribution >= 4 is 11.8 Å². The number of ether oxygens (including phenoxy) is 1. The largest absolute Gasteiger partial charge is 0.497 e. The van der Waals surface area contributed by atoms with Gasteiger partial charge in [-0.3, -0.25) is 9.59 Å². The Labute approximate surface area is 164 Å². The third-order valence-corrected chi connectivity index (χ3v) is 4.89. The maximum Gasteiger partial charge on any atom is 0.273 e. The highest BCUT2D eigenvalue weighted by Crippen LogP contribution is 2.24. The monoisotopic (exact) mass is 386 g/mol. The summed E-state index contributed by atoms with van der Waals surface area (Å²) in [5.74, 6) is 0.877.